The number of hydrogen-bond donors (Lipinski definition) is 1. The summed E-state index contributed by atoms with van der Waals surface area (Å²) < 4.78 is 1.92. The summed E-state index contributed by atoms with van der Waals surface area (Å²) in [7, 11) is 0. The first-order chi connectivity index (χ1) is 14.7. The second kappa shape index (κ2) is 9.41. The molecule has 1 aromatic heterocycles. The summed E-state index contributed by atoms with van der Waals surface area (Å²) in [5, 5.41) is 12.1. The highest BCUT2D eigenvalue weighted by Crippen LogP contribution is 2.24. The first kappa shape index (κ1) is 19.9. The van der Waals surface area contributed by atoms with Gasteiger partial charge in [-0.15, -0.1) is 10.2 Å². The van der Waals surface area contributed by atoms with Gasteiger partial charge in [-0.1, -0.05) is 90.6 Å². The van der Waals surface area contributed by atoms with Gasteiger partial charge in [-0.2, -0.15) is 0 Å². The minimum absolute atomic E-state index is 0.0583. The molecular weight excluding hydrogens is 392 g/mol. The van der Waals surface area contributed by atoms with Crippen molar-refractivity contribution in [1.29, 1.82) is 0 Å². The fraction of sp³-hybridized carbons (Fsp3) is 0.125. The van der Waals surface area contributed by atoms with E-state index in [2.05, 4.69) is 15.5 Å². The lowest BCUT2D eigenvalue weighted by Gasteiger charge is -2.20. The predicted molar refractivity (Wildman–Crippen MR) is 120 cm³/mol. The van der Waals surface area contributed by atoms with Gasteiger partial charge in [-0.3, -0.25) is 9.36 Å². The van der Waals surface area contributed by atoms with Crippen molar-refractivity contribution >= 4 is 17.7 Å². The Bertz CT molecular complexity index is 1070. The highest BCUT2D eigenvalue weighted by molar-refractivity contribution is 7.99. The number of hydrogen-bond acceptors (Lipinski definition) is 4. The van der Waals surface area contributed by atoms with Crippen molar-refractivity contribution in [3.8, 4) is 5.69 Å². The number of amides is 1. The van der Waals surface area contributed by atoms with Crippen molar-refractivity contribution in [2.45, 2.75) is 18.1 Å². The van der Waals surface area contributed by atoms with Crippen LogP contribution in [0.4, 0.5) is 0 Å². The molecule has 1 N–H and O–H groups in total. The number of carbonyl (C=O) groups excluding carboxylic acids is 1. The standard InChI is InChI=1S/C24H22N4OS/c1-18-10-8-9-15-21(18)28-17-25-27-24(28)30-16-22(29)26-23(19-11-4-2-5-12-19)20-13-6-3-7-14-20/h2-15,17,23H,16H2,1H3,(H,26,29). The van der Waals surface area contributed by atoms with Crippen LogP contribution in [-0.4, -0.2) is 26.4 Å². The van der Waals surface area contributed by atoms with Gasteiger partial charge in [0.25, 0.3) is 0 Å². The number of carbonyl (C=O) groups is 1. The number of aromatic nitrogens is 3. The van der Waals surface area contributed by atoms with Crippen molar-refractivity contribution in [2.75, 3.05) is 5.75 Å². The van der Waals surface area contributed by atoms with Crippen LogP contribution in [0.3, 0.4) is 0 Å². The molecule has 0 aliphatic heterocycles. The third kappa shape index (κ3) is 4.60. The van der Waals surface area contributed by atoms with E-state index in [4.69, 9.17) is 0 Å². The molecule has 0 unspecified atom stereocenters. The second-order valence-corrected chi connectivity index (χ2v) is 7.82. The monoisotopic (exact) mass is 414 g/mol. The Morgan fingerprint density at radius 2 is 1.53 bits per heavy atom. The number of nitrogens with zero attached hydrogens (tertiary/aromatic N) is 3. The number of benzene rings is 3. The highest BCUT2D eigenvalue weighted by atomic mass is 32.2. The van der Waals surface area contributed by atoms with Crippen LogP contribution in [-0.2, 0) is 4.79 Å². The Morgan fingerprint density at radius 3 is 2.17 bits per heavy atom. The Kier molecular flexibility index (Phi) is 6.25. The number of aryl methyl sites for hydroxylation is 1. The fourth-order valence-electron chi connectivity index (χ4n) is 3.30. The SMILES string of the molecule is Cc1ccccc1-n1cnnc1SCC(=O)NC(c1ccccc1)c1ccccc1. The van der Waals surface area contributed by atoms with Crippen molar-refractivity contribution in [2.24, 2.45) is 0 Å². The van der Waals surface area contributed by atoms with Gasteiger partial charge in [0.05, 0.1) is 17.5 Å². The van der Waals surface area contributed by atoms with E-state index >= 15 is 0 Å². The Hall–Kier alpha value is -3.38. The molecule has 0 aliphatic carbocycles. The summed E-state index contributed by atoms with van der Waals surface area (Å²) in [5.74, 6) is 0.192. The van der Waals surface area contributed by atoms with E-state index in [1.165, 1.54) is 11.8 Å². The molecule has 1 heterocycles. The Morgan fingerprint density at radius 1 is 0.933 bits per heavy atom. The van der Waals surface area contributed by atoms with Gasteiger partial charge < -0.3 is 5.32 Å². The maximum atomic E-state index is 12.8. The number of thioether (sulfide) groups is 1. The van der Waals surface area contributed by atoms with E-state index in [9.17, 15) is 4.79 Å². The molecule has 4 rings (SSSR count). The summed E-state index contributed by atoms with van der Waals surface area (Å²) in [5.41, 5.74) is 4.23. The van der Waals surface area contributed by atoms with E-state index in [1.54, 1.807) is 6.33 Å². The van der Waals surface area contributed by atoms with Crippen molar-refractivity contribution in [3.63, 3.8) is 0 Å². The molecule has 6 heteroatoms. The largest absolute Gasteiger partial charge is 0.344 e. The van der Waals surface area contributed by atoms with E-state index in [-0.39, 0.29) is 17.7 Å². The van der Waals surface area contributed by atoms with Gasteiger partial charge in [-0.05, 0) is 29.7 Å². The van der Waals surface area contributed by atoms with Crippen LogP contribution < -0.4 is 5.32 Å². The van der Waals surface area contributed by atoms with Crippen LogP contribution in [0.1, 0.15) is 22.7 Å². The molecule has 150 valence electrons. The number of para-hydroxylation sites is 1. The van der Waals surface area contributed by atoms with E-state index in [0.29, 0.717) is 5.16 Å². The van der Waals surface area contributed by atoms with Crippen molar-refractivity contribution in [1.82, 2.24) is 20.1 Å². The lowest BCUT2D eigenvalue weighted by Crippen LogP contribution is -2.30. The maximum absolute atomic E-state index is 12.8. The highest BCUT2D eigenvalue weighted by Gasteiger charge is 2.18. The van der Waals surface area contributed by atoms with Gasteiger partial charge in [0.15, 0.2) is 5.16 Å². The van der Waals surface area contributed by atoms with Crippen LogP contribution in [0.5, 0.6) is 0 Å². The average Bonchev–Trinajstić information content (AvgIpc) is 3.26. The van der Waals surface area contributed by atoms with Crippen LogP contribution in [0.15, 0.2) is 96.4 Å². The minimum Gasteiger partial charge on any atom is -0.344 e. The normalized spacial score (nSPS) is 10.9. The zero-order chi connectivity index (χ0) is 20.8. The molecule has 0 atom stereocenters. The first-order valence-corrected chi connectivity index (χ1v) is 10.7. The minimum atomic E-state index is -0.199. The molecule has 0 saturated heterocycles. The summed E-state index contributed by atoms with van der Waals surface area (Å²) in [6.45, 7) is 2.04. The molecule has 1 amide bonds. The van der Waals surface area contributed by atoms with Crippen LogP contribution >= 0.6 is 11.8 Å². The molecule has 3 aromatic carbocycles. The third-order valence-electron chi connectivity index (χ3n) is 4.79. The summed E-state index contributed by atoms with van der Waals surface area (Å²) >= 11 is 1.38. The predicted octanol–water partition coefficient (Wildman–Crippen LogP) is 4.57. The molecule has 5 nitrogen and oxygen atoms in total. The number of rotatable bonds is 7. The van der Waals surface area contributed by atoms with Gasteiger partial charge in [-0.25, -0.2) is 0 Å². The molecule has 4 aromatic rings. The quantitative estimate of drug-likeness (QED) is 0.450. The lowest BCUT2D eigenvalue weighted by molar-refractivity contribution is -0.119. The van der Waals surface area contributed by atoms with Gasteiger partial charge in [0.2, 0.25) is 5.91 Å². The second-order valence-electron chi connectivity index (χ2n) is 6.88. The van der Waals surface area contributed by atoms with Gasteiger partial charge in [0, 0.05) is 0 Å². The van der Waals surface area contributed by atoms with E-state index < -0.39 is 0 Å². The summed E-state index contributed by atoms with van der Waals surface area (Å²) in [6.07, 6.45) is 1.68. The van der Waals surface area contributed by atoms with Gasteiger partial charge in [0.1, 0.15) is 6.33 Å². The molecule has 30 heavy (non-hydrogen) atoms. The molecule has 0 aliphatic rings. The zero-order valence-electron chi connectivity index (χ0n) is 16.6. The molecule has 0 radical (unpaired) electrons. The lowest BCUT2D eigenvalue weighted by atomic mass is 9.99. The Labute approximate surface area is 180 Å². The topological polar surface area (TPSA) is 59.8 Å². The van der Waals surface area contributed by atoms with Crippen LogP contribution in [0, 0.1) is 6.92 Å². The number of nitrogens with one attached hydrogen (secondary N) is 1. The maximum Gasteiger partial charge on any atom is 0.231 e. The molecule has 0 saturated carbocycles. The first-order valence-electron chi connectivity index (χ1n) is 9.70. The third-order valence-corrected chi connectivity index (χ3v) is 5.74. The van der Waals surface area contributed by atoms with E-state index in [0.717, 1.165) is 22.4 Å². The van der Waals surface area contributed by atoms with Crippen LogP contribution in [0.25, 0.3) is 5.69 Å². The fourth-order valence-corrected chi connectivity index (χ4v) is 4.04. The average molecular weight is 415 g/mol. The summed E-state index contributed by atoms with van der Waals surface area (Å²) in [4.78, 5) is 12.8. The smallest absolute Gasteiger partial charge is 0.231 e. The molecule has 0 fully saturated rings. The van der Waals surface area contributed by atoms with Gasteiger partial charge >= 0.3 is 0 Å². The molecular formula is C24H22N4OS. The van der Waals surface area contributed by atoms with Crippen LogP contribution in [0.2, 0.25) is 0 Å². The summed E-state index contributed by atoms with van der Waals surface area (Å²) in [6, 6.07) is 27.8. The molecule has 0 spiro atoms. The molecule has 0 bridgehead atoms. The zero-order valence-corrected chi connectivity index (χ0v) is 17.4. The Balaban J connectivity index is 1.48. The van der Waals surface area contributed by atoms with E-state index in [1.807, 2.05) is 96.4 Å². The van der Waals surface area contributed by atoms with Crippen molar-refractivity contribution < 1.29 is 4.79 Å². The van der Waals surface area contributed by atoms with Crippen molar-refractivity contribution in [3.05, 3.63) is 108 Å².